The molecular weight excluding hydrogens is 362 g/mol. The second-order valence-corrected chi connectivity index (χ2v) is 6.09. The number of unbranched alkanes of at least 4 members (excludes halogenated alkanes) is 1. The van der Waals surface area contributed by atoms with Gasteiger partial charge in [0.25, 0.3) is 0 Å². The minimum Gasteiger partial charge on any atom is -0.493 e. The standard InChI is InChI=1S/C20H23N3O5/c1-5-6-7-14-12-18(23-17(22-14)8-9-21-23)28-20(24)13-10-15(25-2)19(27-4)16(11-13)26-3/h8-12H,5-7H2,1-4H3. The summed E-state index contributed by atoms with van der Waals surface area (Å²) < 4.78 is 23.0. The Kier molecular flexibility index (Phi) is 5.98. The van der Waals surface area contributed by atoms with E-state index in [1.54, 1.807) is 30.5 Å². The fourth-order valence-corrected chi connectivity index (χ4v) is 2.85. The van der Waals surface area contributed by atoms with Gasteiger partial charge in [-0.1, -0.05) is 13.3 Å². The van der Waals surface area contributed by atoms with E-state index in [0.29, 0.717) is 28.8 Å². The summed E-state index contributed by atoms with van der Waals surface area (Å²) in [5.41, 5.74) is 1.74. The summed E-state index contributed by atoms with van der Waals surface area (Å²) in [6.07, 6.45) is 4.46. The van der Waals surface area contributed by atoms with E-state index in [4.69, 9.17) is 18.9 Å². The summed E-state index contributed by atoms with van der Waals surface area (Å²) >= 11 is 0. The van der Waals surface area contributed by atoms with Crippen LogP contribution in [0.2, 0.25) is 0 Å². The van der Waals surface area contributed by atoms with Crippen LogP contribution in [0.4, 0.5) is 0 Å². The molecule has 0 radical (unpaired) electrons. The van der Waals surface area contributed by atoms with Gasteiger partial charge < -0.3 is 18.9 Å². The van der Waals surface area contributed by atoms with Crippen molar-refractivity contribution in [1.82, 2.24) is 14.6 Å². The molecule has 3 aromatic rings. The second-order valence-electron chi connectivity index (χ2n) is 6.09. The van der Waals surface area contributed by atoms with Crippen molar-refractivity contribution in [2.75, 3.05) is 21.3 Å². The normalized spacial score (nSPS) is 10.7. The number of esters is 1. The number of ether oxygens (including phenoxy) is 4. The second kappa shape index (κ2) is 8.60. The largest absolute Gasteiger partial charge is 0.493 e. The number of benzene rings is 1. The van der Waals surface area contributed by atoms with Gasteiger partial charge in [-0.05, 0) is 25.0 Å². The van der Waals surface area contributed by atoms with Gasteiger partial charge in [0.2, 0.25) is 11.6 Å². The molecule has 1 aromatic carbocycles. The van der Waals surface area contributed by atoms with Crippen LogP contribution < -0.4 is 18.9 Å². The number of hydrogen-bond acceptors (Lipinski definition) is 7. The molecule has 0 N–H and O–H groups in total. The molecule has 148 valence electrons. The van der Waals surface area contributed by atoms with Gasteiger partial charge in [0.05, 0.1) is 33.1 Å². The Morgan fingerprint density at radius 1 is 1.07 bits per heavy atom. The van der Waals surface area contributed by atoms with Gasteiger partial charge >= 0.3 is 5.97 Å². The molecule has 0 aliphatic carbocycles. The Bertz CT molecular complexity index is 958. The van der Waals surface area contributed by atoms with E-state index in [-0.39, 0.29) is 5.56 Å². The van der Waals surface area contributed by atoms with Crippen LogP contribution in [0.25, 0.3) is 5.65 Å². The highest BCUT2D eigenvalue weighted by molar-refractivity contribution is 5.92. The Morgan fingerprint density at radius 2 is 1.79 bits per heavy atom. The molecule has 0 bridgehead atoms. The van der Waals surface area contributed by atoms with E-state index in [1.165, 1.54) is 25.8 Å². The predicted molar refractivity (Wildman–Crippen MR) is 103 cm³/mol. The highest BCUT2D eigenvalue weighted by atomic mass is 16.5. The number of carbonyl (C=O) groups is 1. The molecular formula is C20H23N3O5. The lowest BCUT2D eigenvalue weighted by atomic mass is 10.2. The molecule has 28 heavy (non-hydrogen) atoms. The van der Waals surface area contributed by atoms with Crippen LogP contribution in [-0.2, 0) is 6.42 Å². The number of rotatable bonds is 8. The van der Waals surface area contributed by atoms with Gasteiger partial charge in [-0.25, -0.2) is 9.78 Å². The molecule has 0 amide bonds. The Morgan fingerprint density at radius 3 is 2.39 bits per heavy atom. The maximum Gasteiger partial charge on any atom is 0.345 e. The van der Waals surface area contributed by atoms with Gasteiger partial charge in [-0.15, -0.1) is 0 Å². The molecule has 0 aliphatic heterocycles. The third kappa shape index (κ3) is 3.85. The van der Waals surface area contributed by atoms with Gasteiger partial charge in [0.15, 0.2) is 17.1 Å². The average molecular weight is 385 g/mol. The van der Waals surface area contributed by atoms with E-state index >= 15 is 0 Å². The molecule has 2 aromatic heterocycles. The van der Waals surface area contributed by atoms with Crippen molar-refractivity contribution in [2.24, 2.45) is 0 Å². The molecule has 8 heteroatoms. The minimum atomic E-state index is -0.566. The first-order valence-electron chi connectivity index (χ1n) is 8.97. The van der Waals surface area contributed by atoms with Crippen molar-refractivity contribution in [3.8, 4) is 23.1 Å². The molecule has 0 saturated heterocycles. The van der Waals surface area contributed by atoms with Gasteiger partial charge in [0.1, 0.15) is 0 Å². The maximum atomic E-state index is 12.8. The van der Waals surface area contributed by atoms with E-state index in [2.05, 4.69) is 17.0 Å². The quantitative estimate of drug-likeness (QED) is 0.550. The van der Waals surface area contributed by atoms with E-state index in [9.17, 15) is 4.79 Å². The first-order chi connectivity index (χ1) is 13.6. The Labute approximate surface area is 163 Å². The lowest BCUT2D eigenvalue weighted by molar-refractivity contribution is 0.0722. The molecule has 3 rings (SSSR count). The van der Waals surface area contributed by atoms with E-state index < -0.39 is 5.97 Å². The van der Waals surface area contributed by atoms with Crippen LogP contribution in [0.1, 0.15) is 35.8 Å². The zero-order valence-electron chi connectivity index (χ0n) is 16.4. The van der Waals surface area contributed by atoms with Crippen molar-refractivity contribution in [3.63, 3.8) is 0 Å². The topological polar surface area (TPSA) is 84.2 Å². The lowest BCUT2D eigenvalue weighted by Gasteiger charge is -2.14. The van der Waals surface area contributed by atoms with Crippen LogP contribution in [0.15, 0.2) is 30.5 Å². The van der Waals surface area contributed by atoms with Gasteiger partial charge in [0, 0.05) is 17.8 Å². The summed E-state index contributed by atoms with van der Waals surface area (Å²) in [4.78, 5) is 17.3. The number of nitrogens with zero attached hydrogens (tertiary/aromatic N) is 3. The van der Waals surface area contributed by atoms with Crippen LogP contribution in [0.5, 0.6) is 23.1 Å². The average Bonchev–Trinajstić information content (AvgIpc) is 3.19. The molecule has 0 aliphatic rings. The van der Waals surface area contributed by atoms with Crippen molar-refractivity contribution >= 4 is 11.6 Å². The van der Waals surface area contributed by atoms with Gasteiger partial charge in [-0.3, -0.25) is 0 Å². The first kappa shape index (κ1) is 19.5. The maximum absolute atomic E-state index is 12.8. The van der Waals surface area contributed by atoms with Crippen LogP contribution in [0.3, 0.4) is 0 Å². The van der Waals surface area contributed by atoms with Crippen molar-refractivity contribution in [2.45, 2.75) is 26.2 Å². The predicted octanol–water partition coefficient (Wildman–Crippen LogP) is 3.32. The third-order valence-corrected chi connectivity index (χ3v) is 4.26. The number of carbonyl (C=O) groups excluding carboxylic acids is 1. The smallest absolute Gasteiger partial charge is 0.345 e. The van der Waals surface area contributed by atoms with E-state index in [0.717, 1.165) is 25.0 Å². The zero-order valence-corrected chi connectivity index (χ0v) is 16.4. The van der Waals surface area contributed by atoms with Crippen molar-refractivity contribution in [3.05, 3.63) is 41.7 Å². The van der Waals surface area contributed by atoms with Crippen LogP contribution in [-0.4, -0.2) is 41.9 Å². The number of aryl methyl sites for hydroxylation is 1. The highest BCUT2D eigenvalue weighted by Crippen LogP contribution is 2.38. The molecule has 0 atom stereocenters. The van der Waals surface area contributed by atoms with Gasteiger partial charge in [-0.2, -0.15) is 9.61 Å². The van der Waals surface area contributed by atoms with E-state index in [1.807, 2.05) is 0 Å². The molecule has 0 saturated carbocycles. The highest BCUT2D eigenvalue weighted by Gasteiger charge is 2.20. The Balaban J connectivity index is 1.96. The zero-order chi connectivity index (χ0) is 20.1. The minimum absolute atomic E-state index is 0.265. The summed E-state index contributed by atoms with van der Waals surface area (Å²) in [5, 5.41) is 4.19. The number of aromatic nitrogens is 3. The third-order valence-electron chi connectivity index (χ3n) is 4.26. The number of fused-ring (bicyclic) bond motifs is 1. The van der Waals surface area contributed by atoms with Crippen molar-refractivity contribution in [1.29, 1.82) is 0 Å². The molecule has 0 fully saturated rings. The summed E-state index contributed by atoms with van der Waals surface area (Å²) in [7, 11) is 4.48. The van der Waals surface area contributed by atoms with Crippen LogP contribution in [0, 0.1) is 0 Å². The summed E-state index contributed by atoms with van der Waals surface area (Å²) in [5.74, 6) is 0.887. The molecule has 8 nitrogen and oxygen atoms in total. The fraction of sp³-hybridized carbons (Fsp3) is 0.350. The molecule has 2 heterocycles. The first-order valence-corrected chi connectivity index (χ1v) is 8.97. The Hall–Kier alpha value is -3.29. The van der Waals surface area contributed by atoms with Crippen LogP contribution >= 0.6 is 0 Å². The fourth-order valence-electron chi connectivity index (χ4n) is 2.85. The SMILES string of the molecule is CCCCc1cc(OC(=O)c2cc(OC)c(OC)c(OC)c2)n2nccc2n1. The monoisotopic (exact) mass is 385 g/mol. The summed E-state index contributed by atoms with van der Waals surface area (Å²) in [6.45, 7) is 2.11. The lowest BCUT2D eigenvalue weighted by Crippen LogP contribution is -2.13. The summed E-state index contributed by atoms with van der Waals surface area (Å²) in [6, 6.07) is 6.60. The molecule has 0 spiro atoms. The number of hydrogen-bond donors (Lipinski definition) is 0. The van der Waals surface area contributed by atoms with Crippen molar-refractivity contribution < 1.29 is 23.7 Å². The molecule has 0 unspecified atom stereocenters. The number of methoxy groups -OCH3 is 3.